The van der Waals surface area contributed by atoms with Gasteiger partial charge in [0.15, 0.2) is 0 Å². The molecule has 4 aromatic rings. The molecule has 3 heteroatoms. The SMILES string of the molecule is NC(=O)C(c1ccc(-c2ccccc2)cc1)c1ccc2[nH]ccc2c1. The van der Waals surface area contributed by atoms with Crippen LogP contribution in [0.1, 0.15) is 17.0 Å². The summed E-state index contributed by atoms with van der Waals surface area (Å²) in [6.45, 7) is 0. The van der Waals surface area contributed by atoms with Gasteiger partial charge in [-0.3, -0.25) is 4.79 Å². The van der Waals surface area contributed by atoms with Gasteiger partial charge in [0.1, 0.15) is 0 Å². The summed E-state index contributed by atoms with van der Waals surface area (Å²) in [4.78, 5) is 15.3. The number of amides is 1. The lowest BCUT2D eigenvalue weighted by Gasteiger charge is -2.15. The molecule has 0 spiro atoms. The van der Waals surface area contributed by atoms with Crippen LogP contribution in [-0.2, 0) is 4.79 Å². The molecule has 1 atom stereocenters. The van der Waals surface area contributed by atoms with E-state index in [1.54, 1.807) is 0 Å². The molecule has 0 bridgehead atoms. The van der Waals surface area contributed by atoms with Crippen LogP contribution in [0.4, 0.5) is 0 Å². The van der Waals surface area contributed by atoms with Crippen molar-refractivity contribution in [2.75, 3.05) is 0 Å². The largest absolute Gasteiger partial charge is 0.369 e. The van der Waals surface area contributed by atoms with Gasteiger partial charge >= 0.3 is 0 Å². The third kappa shape index (κ3) is 2.92. The first-order valence-electron chi connectivity index (χ1n) is 8.24. The molecule has 3 N–H and O–H groups in total. The maximum absolute atomic E-state index is 12.1. The topological polar surface area (TPSA) is 58.9 Å². The number of fused-ring (bicyclic) bond motifs is 1. The van der Waals surface area contributed by atoms with Crippen LogP contribution in [0.15, 0.2) is 85.1 Å². The number of aromatic nitrogens is 1. The fraction of sp³-hybridized carbons (Fsp3) is 0.0455. The highest BCUT2D eigenvalue weighted by molar-refractivity contribution is 5.88. The van der Waals surface area contributed by atoms with Crippen molar-refractivity contribution < 1.29 is 4.79 Å². The molecule has 1 unspecified atom stereocenters. The Bertz CT molecular complexity index is 1020. The highest BCUT2D eigenvalue weighted by Crippen LogP contribution is 2.29. The molecule has 3 aromatic carbocycles. The van der Waals surface area contributed by atoms with Gasteiger partial charge in [-0.1, -0.05) is 60.7 Å². The molecule has 4 rings (SSSR count). The number of aromatic amines is 1. The molecule has 122 valence electrons. The Morgan fingerprint density at radius 1 is 0.800 bits per heavy atom. The molecule has 1 amide bonds. The Labute approximate surface area is 146 Å². The van der Waals surface area contributed by atoms with Crippen LogP contribution in [0.2, 0.25) is 0 Å². The van der Waals surface area contributed by atoms with Crippen LogP contribution in [0.25, 0.3) is 22.0 Å². The molecule has 0 saturated heterocycles. The van der Waals surface area contributed by atoms with Crippen LogP contribution in [0, 0.1) is 0 Å². The molecular weight excluding hydrogens is 308 g/mol. The number of nitrogens with two attached hydrogens (primary N) is 1. The van der Waals surface area contributed by atoms with E-state index in [4.69, 9.17) is 5.73 Å². The molecular formula is C22H18N2O. The zero-order valence-electron chi connectivity index (χ0n) is 13.6. The summed E-state index contributed by atoms with van der Waals surface area (Å²) in [5.41, 5.74) is 10.9. The van der Waals surface area contributed by atoms with Crippen molar-refractivity contribution >= 4 is 16.8 Å². The molecule has 0 aliphatic carbocycles. The minimum Gasteiger partial charge on any atom is -0.369 e. The minimum absolute atomic E-state index is 0.345. The molecule has 0 radical (unpaired) electrons. The van der Waals surface area contributed by atoms with Gasteiger partial charge in [0, 0.05) is 11.7 Å². The average Bonchev–Trinajstić information content (AvgIpc) is 3.11. The van der Waals surface area contributed by atoms with Crippen molar-refractivity contribution in [2.45, 2.75) is 5.92 Å². The predicted molar refractivity (Wildman–Crippen MR) is 101 cm³/mol. The van der Waals surface area contributed by atoms with Crippen LogP contribution < -0.4 is 5.73 Å². The third-order valence-electron chi connectivity index (χ3n) is 4.55. The maximum Gasteiger partial charge on any atom is 0.229 e. The minimum atomic E-state index is -0.455. The lowest BCUT2D eigenvalue weighted by molar-refractivity contribution is -0.118. The predicted octanol–water partition coefficient (Wildman–Crippen LogP) is 4.45. The van der Waals surface area contributed by atoms with E-state index in [-0.39, 0.29) is 5.91 Å². The quantitative estimate of drug-likeness (QED) is 0.572. The number of primary amides is 1. The zero-order chi connectivity index (χ0) is 17.2. The van der Waals surface area contributed by atoms with Gasteiger partial charge in [-0.2, -0.15) is 0 Å². The maximum atomic E-state index is 12.1. The van der Waals surface area contributed by atoms with Crippen molar-refractivity contribution in [1.29, 1.82) is 0 Å². The lowest BCUT2D eigenvalue weighted by atomic mass is 9.89. The Morgan fingerprint density at radius 2 is 1.48 bits per heavy atom. The van der Waals surface area contributed by atoms with Gasteiger partial charge in [0.2, 0.25) is 5.91 Å². The zero-order valence-corrected chi connectivity index (χ0v) is 13.6. The van der Waals surface area contributed by atoms with Crippen molar-refractivity contribution in [3.05, 3.63) is 96.2 Å². The van der Waals surface area contributed by atoms with Crippen molar-refractivity contribution in [3.63, 3.8) is 0 Å². The molecule has 3 nitrogen and oxygen atoms in total. The highest BCUT2D eigenvalue weighted by Gasteiger charge is 2.20. The van der Waals surface area contributed by atoms with Crippen LogP contribution >= 0.6 is 0 Å². The summed E-state index contributed by atoms with van der Waals surface area (Å²) in [6.07, 6.45) is 1.89. The van der Waals surface area contributed by atoms with E-state index in [0.29, 0.717) is 0 Å². The van der Waals surface area contributed by atoms with Gasteiger partial charge in [-0.05, 0) is 45.8 Å². The third-order valence-corrected chi connectivity index (χ3v) is 4.55. The first-order valence-corrected chi connectivity index (χ1v) is 8.24. The van der Waals surface area contributed by atoms with Crippen molar-refractivity contribution in [1.82, 2.24) is 4.98 Å². The number of rotatable bonds is 4. The standard InChI is InChI=1S/C22H18N2O/c23-22(25)21(19-10-11-20-18(14-19)12-13-24-20)17-8-6-16(7-9-17)15-4-2-1-3-5-15/h1-14,21,24H,(H2,23,25). The first-order chi connectivity index (χ1) is 12.2. The highest BCUT2D eigenvalue weighted by atomic mass is 16.1. The van der Waals surface area contributed by atoms with Gasteiger partial charge in [-0.25, -0.2) is 0 Å². The molecule has 25 heavy (non-hydrogen) atoms. The van der Waals surface area contributed by atoms with Gasteiger partial charge in [0.25, 0.3) is 0 Å². The van der Waals surface area contributed by atoms with Gasteiger partial charge in [0.05, 0.1) is 5.92 Å². The molecule has 0 fully saturated rings. The Kier molecular flexibility index (Phi) is 3.82. The van der Waals surface area contributed by atoms with Gasteiger partial charge < -0.3 is 10.7 Å². The summed E-state index contributed by atoms with van der Waals surface area (Å²) in [6, 6.07) is 26.2. The van der Waals surface area contributed by atoms with E-state index < -0.39 is 5.92 Å². The number of nitrogens with one attached hydrogen (secondary N) is 1. The Hall–Kier alpha value is -3.33. The van der Waals surface area contributed by atoms with Crippen LogP contribution in [0.5, 0.6) is 0 Å². The summed E-state index contributed by atoms with van der Waals surface area (Å²) in [7, 11) is 0. The summed E-state index contributed by atoms with van der Waals surface area (Å²) < 4.78 is 0. The number of carbonyl (C=O) groups excluding carboxylic acids is 1. The molecule has 0 aliphatic rings. The van der Waals surface area contributed by atoms with Crippen molar-refractivity contribution in [2.24, 2.45) is 5.73 Å². The van der Waals surface area contributed by atoms with E-state index in [1.165, 1.54) is 0 Å². The second-order valence-corrected chi connectivity index (χ2v) is 6.15. The molecule has 1 aromatic heterocycles. The fourth-order valence-corrected chi connectivity index (χ4v) is 3.27. The van der Waals surface area contributed by atoms with E-state index in [1.807, 2.05) is 72.9 Å². The van der Waals surface area contributed by atoms with Gasteiger partial charge in [-0.15, -0.1) is 0 Å². The van der Waals surface area contributed by atoms with Crippen LogP contribution in [-0.4, -0.2) is 10.9 Å². The molecule has 1 heterocycles. The Balaban J connectivity index is 1.72. The summed E-state index contributed by atoms with van der Waals surface area (Å²) in [5, 5.41) is 1.07. The first kappa shape index (κ1) is 15.2. The van der Waals surface area contributed by atoms with E-state index >= 15 is 0 Å². The average molecular weight is 326 g/mol. The number of hydrogen-bond acceptors (Lipinski definition) is 1. The fourth-order valence-electron chi connectivity index (χ4n) is 3.27. The summed E-state index contributed by atoms with van der Waals surface area (Å²) in [5.74, 6) is -0.800. The van der Waals surface area contributed by atoms with E-state index in [2.05, 4.69) is 17.1 Å². The summed E-state index contributed by atoms with van der Waals surface area (Å²) >= 11 is 0. The van der Waals surface area contributed by atoms with E-state index in [9.17, 15) is 4.79 Å². The smallest absolute Gasteiger partial charge is 0.229 e. The Morgan fingerprint density at radius 3 is 2.20 bits per heavy atom. The number of H-pyrrole nitrogens is 1. The van der Waals surface area contributed by atoms with Crippen molar-refractivity contribution in [3.8, 4) is 11.1 Å². The number of hydrogen-bond donors (Lipinski definition) is 2. The second-order valence-electron chi connectivity index (χ2n) is 6.15. The number of benzene rings is 3. The van der Waals surface area contributed by atoms with Crippen LogP contribution in [0.3, 0.4) is 0 Å². The molecule has 0 saturated carbocycles. The molecule has 0 aliphatic heterocycles. The lowest BCUT2D eigenvalue weighted by Crippen LogP contribution is -2.22. The number of carbonyl (C=O) groups is 1. The normalized spacial score (nSPS) is 12.2. The van der Waals surface area contributed by atoms with E-state index in [0.717, 1.165) is 33.2 Å². The second kappa shape index (κ2) is 6.29. The monoisotopic (exact) mass is 326 g/mol.